The van der Waals surface area contributed by atoms with Gasteiger partial charge in [0.2, 0.25) is 5.88 Å². The van der Waals surface area contributed by atoms with E-state index in [-0.39, 0.29) is 28.4 Å². The number of nitrogens with one attached hydrogen (secondary N) is 1. The number of fused-ring (bicyclic) bond motifs is 2. The van der Waals surface area contributed by atoms with Gasteiger partial charge in [0.1, 0.15) is 24.6 Å². The Morgan fingerprint density at radius 2 is 1.70 bits per heavy atom. The van der Waals surface area contributed by atoms with Crippen molar-refractivity contribution in [2.75, 3.05) is 32.8 Å². The third kappa shape index (κ3) is 5.70. The van der Waals surface area contributed by atoms with E-state index in [1.54, 1.807) is 49.8 Å². The minimum Gasteiger partial charge on any atom is -0.493 e. The molecule has 12 heteroatoms. The van der Waals surface area contributed by atoms with E-state index >= 15 is 4.39 Å². The molecule has 0 aliphatic rings. The molecule has 0 bridgehead atoms. The Morgan fingerprint density at radius 3 is 2.48 bits per heavy atom. The Bertz CT molecular complexity index is 2040. The van der Waals surface area contributed by atoms with Crippen LogP contribution in [-0.4, -0.2) is 47.0 Å². The van der Waals surface area contributed by atoms with E-state index in [0.29, 0.717) is 52.4 Å². The van der Waals surface area contributed by atoms with Crippen LogP contribution in [-0.2, 0) is 4.74 Å². The van der Waals surface area contributed by atoms with Gasteiger partial charge in [-0.3, -0.25) is 9.36 Å². The maximum Gasteiger partial charge on any atom is 0.266 e. The van der Waals surface area contributed by atoms with Crippen LogP contribution in [0.1, 0.15) is 0 Å². The third-order valence-electron chi connectivity index (χ3n) is 6.75. The number of pyridine rings is 2. The molecular formula is C32H25F2N5O5. The van der Waals surface area contributed by atoms with Gasteiger partial charge in [0.25, 0.3) is 5.56 Å². The summed E-state index contributed by atoms with van der Waals surface area (Å²) >= 11 is 0. The van der Waals surface area contributed by atoms with Gasteiger partial charge in [0, 0.05) is 43.0 Å². The van der Waals surface area contributed by atoms with Gasteiger partial charge in [0.05, 0.1) is 30.0 Å². The summed E-state index contributed by atoms with van der Waals surface area (Å²) in [5.41, 5.74) is 0.961. The van der Waals surface area contributed by atoms with Crippen LogP contribution in [0, 0.1) is 11.6 Å². The van der Waals surface area contributed by atoms with Crippen molar-refractivity contribution in [3.63, 3.8) is 0 Å². The smallest absolute Gasteiger partial charge is 0.266 e. The zero-order chi connectivity index (χ0) is 30.6. The minimum atomic E-state index is -0.683. The first-order chi connectivity index (χ1) is 21.4. The van der Waals surface area contributed by atoms with E-state index < -0.39 is 11.6 Å². The number of hydrogen-bond donors (Lipinski definition) is 1. The first kappa shape index (κ1) is 28.5. The number of rotatable bonds is 10. The Hall–Kier alpha value is -5.62. The number of nitrogens with zero attached hydrogens (tertiary/aromatic N) is 4. The van der Waals surface area contributed by atoms with Gasteiger partial charge in [-0.2, -0.15) is 0 Å². The van der Waals surface area contributed by atoms with Gasteiger partial charge < -0.3 is 24.3 Å². The molecule has 0 saturated heterocycles. The highest BCUT2D eigenvalue weighted by atomic mass is 19.1. The molecule has 3 aromatic carbocycles. The van der Waals surface area contributed by atoms with Gasteiger partial charge in [0.15, 0.2) is 23.1 Å². The molecular weight excluding hydrogens is 572 g/mol. The molecule has 1 N–H and O–H groups in total. The van der Waals surface area contributed by atoms with Crippen molar-refractivity contribution >= 4 is 33.2 Å². The second-order valence-electron chi connectivity index (χ2n) is 9.50. The molecule has 44 heavy (non-hydrogen) atoms. The van der Waals surface area contributed by atoms with Gasteiger partial charge in [-0.25, -0.2) is 23.7 Å². The fourth-order valence-corrected chi connectivity index (χ4v) is 4.61. The summed E-state index contributed by atoms with van der Waals surface area (Å²) in [6.45, 7) is 0.713. The predicted octanol–water partition coefficient (Wildman–Crippen LogP) is 6.18. The van der Waals surface area contributed by atoms with Crippen LogP contribution in [0.2, 0.25) is 0 Å². The molecule has 6 rings (SSSR count). The molecule has 0 amide bonds. The molecule has 0 aliphatic carbocycles. The Morgan fingerprint density at radius 1 is 0.864 bits per heavy atom. The normalized spacial score (nSPS) is 11.1. The molecule has 10 nitrogen and oxygen atoms in total. The molecule has 0 unspecified atom stereocenters. The van der Waals surface area contributed by atoms with Gasteiger partial charge in [-0.15, -0.1) is 0 Å². The van der Waals surface area contributed by atoms with Crippen molar-refractivity contribution in [3.05, 3.63) is 107 Å². The van der Waals surface area contributed by atoms with Gasteiger partial charge in [-0.05, 0) is 60.0 Å². The zero-order valence-corrected chi connectivity index (χ0v) is 23.6. The van der Waals surface area contributed by atoms with Crippen LogP contribution in [0.25, 0.3) is 27.4 Å². The molecule has 3 aromatic heterocycles. The Labute approximate surface area is 249 Å². The van der Waals surface area contributed by atoms with E-state index in [1.165, 1.54) is 54.4 Å². The number of benzene rings is 3. The number of anilines is 2. The second-order valence-corrected chi connectivity index (χ2v) is 9.50. The predicted molar refractivity (Wildman–Crippen MR) is 161 cm³/mol. The van der Waals surface area contributed by atoms with Gasteiger partial charge >= 0.3 is 0 Å². The summed E-state index contributed by atoms with van der Waals surface area (Å²) in [6.07, 6.45) is 4.46. The summed E-state index contributed by atoms with van der Waals surface area (Å²) in [6, 6.07) is 16.6. The second kappa shape index (κ2) is 12.3. The number of ether oxygens (including phenoxy) is 4. The average Bonchev–Trinajstić information content (AvgIpc) is 3.03. The molecule has 3 heterocycles. The minimum absolute atomic E-state index is 0.0838. The largest absolute Gasteiger partial charge is 0.493 e. The fourth-order valence-electron chi connectivity index (χ4n) is 4.61. The maximum atomic E-state index is 15.4. The van der Waals surface area contributed by atoms with Crippen molar-refractivity contribution < 1.29 is 27.7 Å². The molecule has 0 radical (unpaired) electrons. The number of aromatic nitrogens is 4. The van der Waals surface area contributed by atoms with Crippen molar-refractivity contribution in [2.45, 2.75) is 0 Å². The van der Waals surface area contributed by atoms with Crippen molar-refractivity contribution in [3.8, 4) is 28.8 Å². The van der Waals surface area contributed by atoms with Crippen LogP contribution in [0.5, 0.6) is 23.1 Å². The zero-order valence-electron chi connectivity index (χ0n) is 23.6. The standard InChI is InChI=1S/C32H25F2N5O5/c1-41-13-14-43-28-17-25-23(16-27(28)42-2)31(37-18-36-25)44-26-8-5-21(15-24(26)34)38-30-29-19(9-11-35-30)10-12-39(32(29)40)22-6-3-20(33)4-7-22/h3-12,15-18H,13-14H2,1-2H3,(H,35,38). The number of methoxy groups -OCH3 is 2. The first-order valence-corrected chi connectivity index (χ1v) is 13.4. The van der Waals surface area contributed by atoms with Gasteiger partial charge in [-0.1, -0.05) is 0 Å². The van der Waals surface area contributed by atoms with E-state index in [1.807, 2.05) is 0 Å². The topological polar surface area (TPSA) is 110 Å². The molecule has 0 saturated carbocycles. The van der Waals surface area contributed by atoms with Crippen LogP contribution in [0.3, 0.4) is 0 Å². The van der Waals surface area contributed by atoms with E-state index in [2.05, 4.69) is 20.3 Å². The summed E-state index contributed by atoms with van der Waals surface area (Å²) < 4.78 is 52.3. The molecule has 222 valence electrons. The quantitative estimate of drug-likeness (QED) is 0.185. The third-order valence-corrected chi connectivity index (χ3v) is 6.75. The Balaban J connectivity index is 1.29. The highest BCUT2D eigenvalue weighted by Crippen LogP contribution is 2.37. The van der Waals surface area contributed by atoms with Crippen molar-refractivity contribution in [2.24, 2.45) is 0 Å². The Kier molecular flexibility index (Phi) is 7.98. The van der Waals surface area contributed by atoms with Crippen LogP contribution >= 0.6 is 0 Å². The lowest BCUT2D eigenvalue weighted by Gasteiger charge is -2.14. The first-order valence-electron chi connectivity index (χ1n) is 13.4. The van der Waals surface area contributed by atoms with E-state index in [9.17, 15) is 9.18 Å². The lowest BCUT2D eigenvalue weighted by Crippen LogP contribution is -2.19. The lowest BCUT2D eigenvalue weighted by atomic mass is 10.2. The summed E-state index contributed by atoms with van der Waals surface area (Å²) in [4.78, 5) is 26.3. The molecule has 0 aliphatic heterocycles. The fraction of sp³-hybridized carbons (Fsp3) is 0.125. The molecule has 6 aromatic rings. The summed E-state index contributed by atoms with van der Waals surface area (Å²) in [5.74, 6) is 0.0646. The number of hydrogen-bond acceptors (Lipinski definition) is 9. The lowest BCUT2D eigenvalue weighted by molar-refractivity contribution is 0.144. The number of halogens is 2. The molecule has 0 spiro atoms. The highest BCUT2D eigenvalue weighted by molar-refractivity contribution is 5.92. The molecule has 0 fully saturated rings. The maximum absolute atomic E-state index is 15.4. The molecule has 0 atom stereocenters. The van der Waals surface area contributed by atoms with Crippen molar-refractivity contribution in [1.82, 2.24) is 19.5 Å². The van der Waals surface area contributed by atoms with Crippen LogP contribution in [0.15, 0.2) is 90.2 Å². The van der Waals surface area contributed by atoms with Crippen LogP contribution < -0.4 is 25.1 Å². The summed E-state index contributed by atoms with van der Waals surface area (Å²) in [5, 5.41) is 4.44. The average molecular weight is 598 g/mol. The highest BCUT2D eigenvalue weighted by Gasteiger charge is 2.16. The van der Waals surface area contributed by atoms with Crippen LogP contribution in [0.4, 0.5) is 20.3 Å². The summed E-state index contributed by atoms with van der Waals surface area (Å²) in [7, 11) is 3.08. The monoisotopic (exact) mass is 597 g/mol. The van der Waals surface area contributed by atoms with E-state index in [0.717, 1.165) is 0 Å². The van der Waals surface area contributed by atoms with Crippen molar-refractivity contribution in [1.29, 1.82) is 0 Å². The van der Waals surface area contributed by atoms with E-state index in [4.69, 9.17) is 18.9 Å². The SMILES string of the molecule is COCCOc1cc2ncnc(Oc3ccc(Nc4nccc5ccn(-c6ccc(F)cc6)c(=O)c45)cc3F)c2cc1OC.